The summed E-state index contributed by atoms with van der Waals surface area (Å²) in [6, 6.07) is 4.31. The SMILES string of the molecule is CCC(C)C(NC(=O)OC(C)(C)C)C(=O)N(C1CC1)C(C(=O)NC(C)(C)C)c1ccc(C)cc1C. The van der Waals surface area contributed by atoms with Gasteiger partial charge in [-0.15, -0.1) is 0 Å². The average molecular weight is 488 g/mol. The van der Waals surface area contributed by atoms with Gasteiger partial charge in [-0.05, 0) is 85.3 Å². The topological polar surface area (TPSA) is 87.7 Å². The Morgan fingerprint density at radius 1 is 1.09 bits per heavy atom. The molecule has 2 N–H and O–H groups in total. The number of hydrogen-bond donors (Lipinski definition) is 2. The minimum Gasteiger partial charge on any atom is -0.444 e. The summed E-state index contributed by atoms with van der Waals surface area (Å²) in [4.78, 5) is 42.3. The Morgan fingerprint density at radius 2 is 1.69 bits per heavy atom. The lowest BCUT2D eigenvalue weighted by Gasteiger charge is -2.38. The van der Waals surface area contributed by atoms with E-state index in [4.69, 9.17) is 4.74 Å². The lowest BCUT2D eigenvalue weighted by Crippen LogP contribution is -2.57. The molecule has 196 valence electrons. The van der Waals surface area contributed by atoms with E-state index >= 15 is 0 Å². The van der Waals surface area contributed by atoms with E-state index in [0.29, 0.717) is 6.42 Å². The largest absolute Gasteiger partial charge is 0.444 e. The molecule has 0 spiro atoms. The van der Waals surface area contributed by atoms with Crippen LogP contribution in [0.3, 0.4) is 0 Å². The molecule has 0 bridgehead atoms. The second-order valence-electron chi connectivity index (χ2n) is 12.0. The first-order valence-corrected chi connectivity index (χ1v) is 12.7. The molecule has 1 aliphatic rings. The molecule has 3 unspecified atom stereocenters. The summed E-state index contributed by atoms with van der Waals surface area (Å²) < 4.78 is 5.46. The van der Waals surface area contributed by atoms with E-state index in [-0.39, 0.29) is 23.8 Å². The molecule has 7 heteroatoms. The van der Waals surface area contributed by atoms with Crippen LogP contribution in [0.15, 0.2) is 18.2 Å². The van der Waals surface area contributed by atoms with Crippen LogP contribution in [0.4, 0.5) is 4.79 Å². The molecule has 35 heavy (non-hydrogen) atoms. The Bertz CT molecular complexity index is 925. The Hall–Kier alpha value is -2.57. The van der Waals surface area contributed by atoms with Crippen LogP contribution in [0.25, 0.3) is 0 Å². The molecule has 1 fully saturated rings. The monoisotopic (exact) mass is 487 g/mol. The van der Waals surface area contributed by atoms with E-state index in [1.54, 1.807) is 25.7 Å². The highest BCUT2D eigenvalue weighted by Gasteiger charge is 2.45. The fourth-order valence-electron chi connectivity index (χ4n) is 4.14. The Labute approximate surface area is 211 Å². The number of nitrogens with one attached hydrogen (secondary N) is 2. The van der Waals surface area contributed by atoms with Crippen molar-refractivity contribution in [2.45, 2.75) is 118 Å². The van der Waals surface area contributed by atoms with Crippen LogP contribution >= 0.6 is 0 Å². The highest BCUT2D eigenvalue weighted by Crippen LogP contribution is 2.37. The normalized spacial score (nSPS) is 16.6. The average Bonchev–Trinajstić information content (AvgIpc) is 3.52. The van der Waals surface area contributed by atoms with Gasteiger partial charge >= 0.3 is 6.09 Å². The molecule has 2 rings (SSSR count). The standard InChI is InChI=1S/C28H45N3O4/c1-11-18(3)22(29-26(34)35-28(8,9)10)25(33)31(20-13-14-20)23(24(32)30-27(5,6)7)21-15-12-17(2)16-19(21)4/h12,15-16,18,20,22-23H,11,13-14H2,1-10H3,(H,29,34)(H,30,32). The van der Waals surface area contributed by atoms with Crippen molar-refractivity contribution in [3.8, 4) is 0 Å². The predicted molar refractivity (Wildman–Crippen MR) is 139 cm³/mol. The Morgan fingerprint density at radius 3 is 2.14 bits per heavy atom. The lowest BCUT2D eigenvalue weighted by molar-refractivity contribution is -0.144. The van der Waals surface area contributed by atoms with Gasteiger partial charge in [0.15, 0.2) is 0 Å². The maximum absolute atomic E-state index is 14.2. The summed E-state index contributed by atoms with van der Waals surface area (Å²) in [5.41, 5.74) is 1.71. The molecule has 3 amide bonds. The maximum Gasteiger partial charge on any atom is 0.408 e. The number of ether oxygens (including phenoxy) is 1. The second kappa shape index (κ2) is 11.0. The van der Waals surface area contributed by atoms with Crippen molar-refractivity contribution in [2.24, 2.45) is 5.92 Å². The zero-order valence-corrected chi connectivity index (χ0v) is 23.2. The number of benzene rings is 1. The molecule has 1 aromatic carbocycles. The first-order chi connectivity index (χ1) is 16.0. The van der Waals surface area contributed by atoms with Crippen molar-refractivity contribution >= 4 is 17.9 Å². The molecule has 1 aromatic rings. The Kier molecular flexibility index (Phi) is 9.01. The van der Waals surface area contributed by atoms with Gasteiger partial charge in [-0.2, -0.15) is 0 Å². The van der Waals surface area contributed by atoms with Crippen molar-refractivity contribution < 1.29 is 19.1 Å². The van der Waals surface area contributed by atoms with E-state index in [2.05, 4.69) is 10.6 Å². The summed E-state index contributed by atoms with van der Waals surface area (Å²) in [7, 11) is 0. The molecule has 1 aliphatic carbocycles. The minimum atomic E-state index is -0.800. The molecule has 1 saturated carbocycles. The molecular weight excluding hydrogens is 442 g/mol. The molecule has 7 nitrogen and oxygen atoms in total. The third-order valence-corrected chi connectivity index (χ3v) is 6.09. The quantitative estimate of drug-likeness (QED) is 0.528. The molecule has 0 saturated heterocycles. The number of alkyl carbamates (subject to hydrolysis) is 1. The van der Waals surface area contributed by atoms with Crippen molar-refractivity contribution in [3.63, 3.8) is 0 Å². The fraction of sp³-hybridized carbons (Fsp3) is 0.679. The highest BCUT2D eigenvalue weighted by atomic mass is 16.6. The maximum atomic E-state index is 14.2. The van der Waals surface area contributed by atoms with E-state index in [1.165, 1.54) is 0 Å². The van der Waals surface area contributed by atoms with E-state index in [1.807, 2.05) is 66.7 Å². The van der Waals surface area contributed by atoms with Crippen LogP contribution in [0.5, 0.6) is 0 Å². The second-order valence-corrected chi connectivity index (χ2v) is 12.0. The van der Waals surface area contributed by atoms with E-state index in [9.17, 15) is 14.4 Å². The first kappa shape index (κ1) is 28.7. The van der Waals surface area contributed by atoms with Crippen molar-refractivity contribution in [1.82, 2.24) is 15.5 Å². The van der Waals surface area contributed by atoms with Crippen LogP contribution in [0, 0.1) is 19.8 Å². The highest BCUT2D eigenvalue weighted by molar-refractivity contribution is 5.93. The minimum absolute atomic E-state index is 0.0501. The molecule has 0 aliphatic heterocycles. The van der Waals surface area contributed by atoms with Gasteiger partial charge in [-0.3, -0.25) is 9.59 Å². The van der Waals surface area contributed by atoms with Crippen molar-refractivity contribution in [2.75, 3.05) is 0 Å². The van der Waals surface area contributed by atoms with Gasteiger partial charge in [0.1, 0.15) is 17.7 Å². The zero-order chi connectivity index (χ0) is 26.7. The summed E-state index contributed by atoms with van der Waals surface area (Å²) in [6.07, 6.45) is 1.72. The number of carbonyl (C=O) groups is 3. The van der Waals surface area contributed by atoms with Crippen LogP contribution in [-0.4, -0.2) is 46.0 Å². The lowest BCUT2D eigenvalue weighted by atomic mass is 9.93. The summed E-state index contributed by atoms with van der Waals surface area (Å²) in [6.45, 7) is 19.1. The van der Waals surface area contributed by atoms with Crippen LogP contribution in [0.2, 0.25) is 0 Å². The van der Waals surface area contributed by atoms with Crippen molar-refractivity contribution in [3.05, 3.63) is 34.9 Å². The summed E-state index contributed by atoms with van der Waals surface area (Å²) in [5.74, 6) is -0.603. The number of amides is 3. The molecule has 0 heterocycles. The van der Waals surface area contributed by atoms with Gasteiger partial charge in [0.25, 0.3) is 0 Å². The van der Waals surface area contributed by atoms with Gasteiger partial charge in [0, 0.05) is 11.6 Å². The van der Waals surface area contributed by atoms with E-state index in [0.717, 1.165) is 29.5 Å². The van der Waals surface area contributed by atoms with Crippen molar-refractivity contribution in [1.29, 1.82) is 0 Å². The summed E-state index contributed by atoms with van der Waals surface area (Å²) in [5, 5.41) is 5.91. The number of aryl methyl sites for hydroxylation is 2. The number of hydrogen-bond acceptors (Lipinski definition) is 4. The third kappa shape index (κ3) is 8.25. The van der Waals surface area contributed by atoms with E-state index < -0.39 is 29.3 Å². The van der Waals surface area contributed by atoms with Crippen LogP contribution in [-0.2, 0) is 14.3 Å². The van der Waals surface area contributed by atoms with Gasteiger partial charge in [0.05, 0.1) is 0 Å². The smallest absolute Gasteiger partial charge is 0.408 e. The fourth-order valence-corrected chi connectivity index (χ4v) is 4.14. The molecular formula is C28H45N3O4. The summed E-state index contributed by atoms with van der Waals surface area (Å²) >= 11 is 0. The predicted octanol–water partition coefficient (Wildman–Crippen LogP) is 5.19. The number of carbonyl (C=O) groups excluding carboxylic acids is 3. The van der Waals surface area contributed by atoms with Crippen LogP contribution in [0.1, 0.15) is 97.4 Å². The third-order valence-electron chi connectivity index (χ3n) is 6.09. The Balaban J connectivity index is 2.53. The zero-order valence-electron chi connectivity index (χ0n) is 23.2. The van der Waals surface area contributed by atoms with Gasteiger partial charge in [0.2, 0.25) is 11.8 Å². The molecule has 3 atom stereocenters. The molecule has 0 aromatic heterocycles. The van der Waals surface area contributed by atoms with Gasteiger partial charge in [-0.25, -0.2) is 4.79 Å². The van der Waals surface area contributed by atoms with Gasteiger partial charge in [-0.1, -0.05) is 44.0 Å². The number of rotatable bonds is 8. The molecule has 0 radical (unpaired) electrons. The number of nitrogens with zero attached hydrogens (tertiary/aromatic N) is 1. The first-order valence-electron chi connectivity index (χ1n) is 12.7. The van der Waals surface area contributed by atoms with Crippen LogP contribution < -0.4 is 10.6 Å². The van der Waals surface area contributed by atoms with Gasteiger partial charge < -0.3 is 20.3 Å².